The highest BCUT2D eigenvalue weighted by atomic mass is 79.9. The summed E-state index contributed by atoms with van der Waals surface area (Å²) in [5.41, 5.74) is 3.81. The van der Waals surface area contributed by atoms with Crippen molar-refractivity contribution in [1.29, 1.82) is 0 Å². The number of benzene rings is 1. The van der Waals surface area contributed by atoms with Gasteiger partial charge in [0.25, 0.3) is 0 Å². The van der Waals surface area contributed by atoms with Gasteiger partial charge in [0, 0.05) is 15.4 Å². The van der Waals surface area contributed by atoms with E-state index in [1.54, 1.807) is 18.4 Å². The average Bonchev–Trinajstić information content (AvgIpc) is 2.94. The number of carbonyl (C=O) groups excluding carboxylic acids is 1. The number of ether oxygens (including phenoxy) is 2. The molecule has 0 atom stereocenters. The number of aromatic nitrogens is 1. The first kappa shape index (κ1) is 18.3. The number of esters is 1. The second kappa shape index (κ2) is 8.74. The van der Waals surface area contributed by atoms with Gasteiger partial charge in [-0.25, -0.2) is 9.37 Å². The van der Waals surface area contributed by atoms with Crippen molar-refractivity contribution in [1.82, 2.24) is 4.98 Å². The van der Waals surface area contributed by atoms with Crippen molar-refractivity contribution >= 4 is 44.6 Å². The number of thiazole rings is 1. The van der Waals surface area contributed by atoms with Crippen LogP contribution in [0.4, 0.5) is 9.52 Å². The van der Waals surface area contributed by atoms with Gasteiger partial charge in [0.15, 0.2) is 11.6 Å². The van der Waals surface area contributed by atoms with E-state index in [1.165, 1.54) is 30.7 Å². The second-order valence-corrected chi connectivity index (χ2v) is 6.28. The minimum Gasteiger partial charge on any atom is -0.493 e. The van der Waals surface area contributed by atoms with Gasteiger partial charge in [0.2, 0.25) is 5.13 Å². The first-order valence-electron chi connectivity index (χ1n) is 6.95. The number of hydrogen-bond acceptors (Lipinski definition) is 7. The van der Waals surface area contributed by atoms with E-state index in [-0.39, 0.29) is 18.1 Å². The molecule has 128 valence electrons. The third-order valence-corrected chi connectivity index (χ3v) is 4.04. The fourth-order valence-electron chi connectivity index (χ4n) is 1.85. The molecule has 0 aliphatic carbocycles. The summed E-state index contributed by atoms with van der Waals surface area (Å²) in [6.45, 7) is 2.09. The highest BCUT2D eigenvalue weighted by Gasteiger charge is 2.10. The average molecular weight is 416 g/mol. The molecule has 0 spiro atoms. The lowest BCUT2D eigenvalue weighted by molar-refractivity contribution is -0.142. The maximum atomic E-state index is 13.8. The van der Waals surface area contributed by atoms with Gasteiger partial charge < -0.3 is 9.47 Å². The molecule has 24 heavy (non-hydrogen) atoms. The molecule has 1 N–H and O–H groups in total. The number of nitrogens with one attached hydrogen (secondary N) is 1. The van der Waals surface area contributed by atoms with Crippen LogP contribution in [0.5, 0.6) is 5.75 Å². The van der Waals surface area contributed by atoms with Crippen LogP contribution in [0.25, 0.3) is 0 Å². The molecule has 9 heteroatoms. The second-order valence-electron chi connectivity index (χ2n) is 4.51. The van der Waals surface area contributed by atoms with Crippen LogP contribution in [-0.2, 0) is 16.0 Å². The van der Waals surface area contributed by atoms with Gasteiger partial charge in [-0.15, -0.1) is 11.3 Å². The van der Waals surface area contributed by atoms with Crippen LogP contribution in [0.2, 0.25) is 0 Å². The predicted octanol–water partition coefficient (Wildman–Crippen LogP) is 3.60. The van der Waals surface area contributed by atoms with Crippen molar-refractivity contribution in [2.45, 2.75) is 13.3 Å². The maximum Gasteiger partial charge on any atom is 0.311 e. The molecule has 0 saturated heterocycles. The Morgan fingerprint density at radius 1 is 1.54 bits per heavy atom. The van der Waals surface area contributed by atoms with Gasteiger partial charge in [-0.2, -0.15) is 5.10 Å². The van der Waals surface area contributed by atoms with Crippen LogP contribution in [0, 0.1) is 5.82 Å². The lowest BCUT2D eigenvalue weighted by Gasteiger charge is -2.06. The summed E-state index contributed by atoms with van der Waals surface area (Å²) in [5, 5.41) is 6.28. The molecule has 0 unspecified atom stereocenters. The molecule has 0 aliphatic heterocycles. The number of nitrogens with zero attached hydrogens (tertiary/aromatic N) is 2. The Labute approximate surface area is 150 Å². The number of rotatable bonds is 7. The predicted molar refractivity (Wildman–Crippen MR) is 94.3 cm³/mol. The monoisotopic (exact) mass is 415 g/mol. The molecule has 1 aromatic heterocycles. The van der Waals surface area contributed by atoms with E-state index in [2.05, 4.69) is 31.4 Å². The van der Waals surface area contributed by atoms with Crippen LogP contribution in [-0.4, -0.2) is 30.9 Å². The number of hydrazone groups is 1. The van der Waals surface area contributed by atoms with E-state index < -0.39 is 5.82 Å². The Kier molecular flexibility index (Phi) is 6.68. The van der Waals surface area contributed by atoms with Gasteiger partial charge in [0.1, 0.15) is 0 Å². The molecule has 0 aliphatic rings. The highest BCUT2D eigenvalue weighted by molar-refractivity contribution is 9.10. The Morgan fingerprint density at radius 3 is 3.04 bits per heavy atom. The maximum absolute atomic E-state index is 13.8. The molecule has 6 nitrogen and oxygen atoms in total. The fourth-order valence-corrected chi connectivity index (χ4v) is 2.95. The van der Waals surface area contributed by atoms with Crippen molar-refractivity contribution in [2.75, 3.05) is 19.1 Å². The number of hydrogen-bond donors (Lipinski definition) is 1. The molecule has 1 aromatic carbocycles. The van der Waals surface area contributed by atoms with Gasteiger partial charge in [-0.1, -0.05) is 15.9 Å². The van der Waals surface area contributed by atoms with Gasteiger partial charge in [-0.05, 0) is 19.1 Å². The Balaban J connectivity index is 2.02. The molecular formula is C15H15BrFN3O3S. The number of carbonyl (C=O) groups is 1. The zero-order valence-electron chi connectivity index (χ0n) is 13.0. The molecule has 0 radical (unpaired) electrons. The van der Waals surface area contributed by atoms with Crippen LogP contribution in [0.1, 0.15) is 18.2 Å². The van der Waals surface area contributed by atoms with E-state index in [9.17, 15) is 9.18 Å². The standard InChI is InChI=1S/C15H15BrFN3O3S/c1-3-23-13(21)6-11-8-24-15(19-11)20-18-7-9-4-10(16)5-12(17)14(9)22-2/h4-5,7-8H,3,6H2,1-2H3,(H,19,20). The van der Waals surface area contributed by atoms with Crippen molar-refractivity contribution in [2.24, 2.45) is 5.10 Å². The minimum absolute atomic E-state index is 0.103. The van der Waals surface area contributed by atoms with E-state index in [4.69, 9.17) is 9.47 Å². The number of halogens is 2. The van der Waals surface area contributed by atoms with E-state index in [0.29, 0.717) is 27.5 Å². The molecule has 0 bridgehead atoms. The van der Waals surface area contributed by atoms with E-state index in [1.807, 2.05) is 0 Å². The van der Waals surface area contributed by atoms with Crippen molar-refractivity contribution in [3.8, 4) is 5.75 Å². The summed E-state index contributed by atoms with van der Waals surface area (Å²) in [4.78, 5) is 15.6. The normalized spacial score (nSPS) is 10.8. The molecule has 0 saturated carbocycles. The molecule has 1 heterocycles. The molecule has 2 aromatic rings. The fraction of sp³-hybridized carbons (Fsp3) is 0.267. The van der Waals surface area contributed by atoms with Crippen molar-refractivity contribution < 1.29 is 18.7 Å². The number of methoxy groups -OCH3 is 1. The van der Waals surface area contributed by atoms with Gasteiger partial charge in [-0.3, -0.25) is 10.2 Å². The zero-order valence-corrected chi connectivity index (χ0v) is 15.4. The third kappa shape index (κ3) is 5.00. The first-order chi connectivity index (χ1) is 11.5. The molecule has 0 amide bonds. The first-order valence-corrected chi connectivity index (χ1v) is 8.63. The SMILES string of the molecule is CCOC(=O)Cc1csc(NN=Cc2cc(Br)cc(F)c2OC)n1. The smallest absolute Gasteiger partial charge is 0.311 e. The van der Waals surface area contributed by atoms with Crippen LogP contribution < -0.4 is 10.2 Å². The van der Waals surface area contributed by atoms with E-state index >= 15 is 0 Å². The summed E-state index contributed by atoms with van der Waals surface area (Å²) in [6, 6.07) is 2.99. The van der Waals surface area contributed by atoms with E-state index in [0.717, 1.165) is 0 Å². The number of anilines is 1. The Morgan fingerprint density at radius 2 is 2.33 bits per heavy atom. The molecule has 2 rings (SSSR count). The lowest BCUT2D eigenvalue weighted by Crippen LogP contribution is -2.07. The summed E-state index contributed by atoms with van der Waals surface area (Å²) in [5.74, 6) is -0.711. The zero-order chi connectivity index (χ0) is 17.5. The molecular weight excluding hydrogens is 401 g/mol. The summed E-state index contributed by atoms with van der Waals surface area (Å²) in [6.07, 6.45) is 1.54. The van der Waals surface area contributed by atoms with Crippen molar-refractivity contribution in [3.05, 3.63) is 39.1 Å². The van der Waals surface area contributed by atoms with Crippen LogP contribution in [0.15, 0.2) is 27.1 Å². The Hall–Kier alpha value is -2.00. The highest BCUT2D eigenvalue weighted by Crippen LogP contribution is 2.26. The summed E-state index contributed by atoms with van der Waals surface area (Å²) in [7, 11) is 1.39. The summed E-state index contributed by atoms with van der Waals surface area (Å²) < 4.78 is 24.2. The summed E-state index contributed by atoms with van der Waals surface area (Å²) >= 11 is 4.52. The largest absolute Gasteiger partial charge is 0.493 e. The van der Waals surface area contributed by atoms with Gasteiger partial charge in [0.05, 0.1) is 32.0 Å². The van der Waals surface area contributed by atoms with Crippen LogP contribution in [0.3, 0.4) is 0 Å². The Bertz CT molecular complexity index is 752. The quantitative estimate of drug-likeness (QED) is 0.424. The third-order valence-electron chi connectivity index (χ3n) is 2.79. The lowest BCUT2D eigenvalue weighted by atomic mass is 10.2. The van der Waals surface area contributed by atoms with Crippen molar-refractivity contribution in [3.63, 3.8) is 0 Å². The minimum atomic E-state index is -0.487. The topological polar surface area (TPSA) is 72.8 Å². The van der Waals surface area contributed by atoms with Crippen LogP contribution >= 0.6 is 27.3 Å². The molecule has 0 fully saturated rings. The van der Waals surface area contributed by atoms with Gasteiger partial charge >= 0.3 is 5.97 Å².